The van der Waals surface area contributed by atoms with Crippen LogP contribution >= 0.6 is 0 Å². The number of carbonyl (C=O) groups excluding carboxylic acids is 1. The van der Waals surface area contributed by atoms with Crippen LogP contribution in [0.2, 0.25) is 0 Å². The highest BCUT2D eigenvalue weighted by Gasteiger charge is 2.24. The second-order valence-electron chi connectivity index (χ2n) is 7.13. The molecule has 20 heavy (non-hydrogen) atoms. The lowest BCUT2D eigenvalue weighted by molar-refractivity contribution is -0.135. The van der Waals surface area contributed by atoms with E-state index >= 15 is 0 Å². The smallest absolute Gasteiger partial charge is 0.293 e. The summed E-state index contributed by atoms with van der Waals surface area (Å²) in [5.41, 5.74) is 0. The molecule has 2 fully saturated rings. The lowest BCUT2D eigenvalue weighted by Crippen LogP contribution is -2.22. The third-order valence-corrected chi connectivity index (χ3v) is 5.69. The molecule has 0 aromatic carbocycles. The van der Waals surface area contributed by atoms with Crippen molar-refractivity contribution >= 4 is 6.47 Å². The Kier molecular flexibility index (Phi) is 6.89. The average Bonchev–Trinajstić information content (AvgIpc) is 2.49. The molecule has 2 aliphatic rings. The van der Waals surface area contributed by atoms with Crippen LogP contribution < -0.4 is 0 Å². The van der Waals surface area contributed by atoms with E-state index in [1.165, 1.54) is 64.2 Å². The van der Waals surface area contributed by atoms with Gasteiger partial charge in [0, 0.05) is 0 Å². The standard InChI is InChI=1S/C18H32O2/c1-2-3-15-4-6-16(7-5-15)8-9-17-10-12-18(13-11-17)20-14-19/h14-18H,2-13H2,1H3. The molecular weight excluding hydrogens is 248 g/mol. The number of hydrogen-bond donors (Lipinski definition) is 0. The summed E-state index contributed by atoms with van der Waals surface area (Å²) in [5.74, 6) is 2.94. The summed E-state index contributed by atoms with van der Waals surface area (Å²) in [6.45, 7) is 2.94. The maximum absolute atomic E-state index is 10.3. The Morgan fingerprint density at radius 3 is 1.70 bits per heavy atom. The Hall–Kier alpha value is -0.530. The predicted octanol–water partition coefficient (Wildman–Crippen LogP) is 5.10. The second-order valence-corrected chi connectivity index (χ2v) is 7.13. The third-order valence-electron chi connectivity index (χ3n) is 5.69. The maximum atomic E-state index is 10.3. The van der Waals surface area contributed by atoms with Crippen molar-refractivity contribution in [3.05, 3.63) is 0 Å². The molecule has 2 saturated carbocycles. The molecule has 0 unspecified atom stereocenters. The Balaban J connectivity index is 1.56. The van der Waals surface area contributed by atoms with E-state index in [1.807, 2.05) is 0 Å². The van der Waals surface area contributed by atoms with Crippen LogP contribution in [0.25, 0.3) is 0 Å². The van der Waals surface area contributed by atoms with Gasteiger partial charge in [-0.2, -0.15) is 0 Å². The van der Waals surface area contributed by atoms with Crippen molar-refractivity contribution in [2.45, 2.75) is 90.1 Å². The zero-order valence-electron chi connectivity index (χ0n) is 13.2. The summed E-state index contributed by atoms with van der Waals surface area (Å²) in [5, 5.41) is 0. The zero-order chi connectivity index (χ0) is 14.2. The number of rotatable bonds is 7. The monoisotopic (exact) mass is 280 g/mol. The van der Waals surface area contributed by atoms with Gasteiger partial charge in [-0.1, -0.05) is 58.3 Å². The minimum atomic E-state index is 0.216. The molecule has 0 N–H and O–H groups in total. The molecule has 2 aliphatic carbocycles. The fraction of sp³-hybridized carbons (Fsp3) is 0.944. The van der Waals surface area contributed by atoms with Gasteiger partial charge in [0.1, 0.15) is 6.10 Å². The van der Waals surface area contributed by atoms with Gasteiger partial charge in [0.2, 0.25) is 0 Å². The summed E-state index contributed by atoms with van der Waals surface area (Å²) in [6, 6.07) is 0. The molecule has 2 rings (SSSR count). The third kappa shape index (κ3) is 5.10. The van der Waals surface area contributed by atoms with Crippen LogP contribution in [0.15, 0.2) is 0 Å². The van der Waals surface area contributed by atoms with Crippen molar-refractivity contribution in [1.29, 1.82) is 0 Å². The molecular formula is C18H32O2. The SMILES string of the molecule is CCCC1CCC(CCC2CCC(OC=O)CC2)CC1. The van der Waals surface area contributed by atoms with Crippen LogP contribution in [0.1, 0.15) is 84.0 Å². The molecule has 2 heteroatoms. The fourth-order valence-corrected chi connectivity index (χ4v) is 4.32. The van der Waals surface area contributed by atoms with E-state index in [0.717, 1.165) is 30.6 Å². The first-order chi connectivity index (χ1) is 9.81. The largest absolute Gasteiger partial charge is 0.465 e. The summed E-state index contributed by atoms with van der Waals surface area (Å²) >= 11 is 0. The zero-order valence-corrected chi connectivity index (χ0v) is 13.2. The topological polar surface area (TPSA) is 26.3 Å². The van der Waals surface area contributed by atoms with Crippen molar-refractivity contribution in [2.24, 2.45) is 17.8 Å². The molecule has 0 spiro atoms. The highest BCUT2D eigenvalue weighted by atomic mass is 16.5. The van der Waals surface area contributed by atoms with E-state index in [4.69, 9.17) is 4.74 Å². The van der Waals surface area contributed by atoms with Crippen LogP contribution in [-0.2, 0) is 9.53 Å². The van der Waals surface area contributed by atoms with E-state index in [2.05, 4.69) is 6.92 Å². The number of ether oxygens (including phenoxy) is 1. The Labute approximate surface area is 124 Å². The maximum Gasteiger partial charge on any atom is 0.293 e. The van der Waals surface area contributed by atoms with E-state index in [-0.39, 0.29) is 6.10 Å². The van der Waals surface area contributed by atoms with Crippen molar-refractivity contribution in [3.8, 4) is 0 Å². The lowest BCUT2D eigenvalue weighted by Gasteiger charge is -2.31. The quantitative estimate of drug-likeness (QED) is 0.606. The minimum absolute atomic E-state index is 0.216. The van der Waals surface area contributed by atoms with Crippen LogP contribution in [0.5, 0.6) is 0 Å². The van der Waals surface area contributed by atoms with Crippen LogP contribution in [0.3, 0.4) is 0 Å². The highest BCUT2D eigenvalue weighted by Crippen LogP contribution is 2.36. The molecule has 0 saturated heterocycles. The van der Waals surface area contributed by atoms with Gasteiger partial charge in [-0.25, -0.2) is 0 Å². The van der Waals surface area contributed by atoms with Crippen molar-refractivity contribution in [2.75, 3.05) is 0 Å². The summed E-state index contributed by atoms with van der Waals surface area (Å²) in [7, 11) is 0. The Morgan fingerprint density at radius 1 is 0.800 bits per heavy atom. The molecule has 0 aromatic rings. The summed E-state index contributed by atoms with van der Waals surface area (Å²) < 4.78 is 5.08. The predicted molar refractivity (Wildman–Crippen MR) is 82.5 cm³/mol. The van der Waals surface area contributed by atoms with Gasteiger partial charge < -0.3 is 4.74 Å². The van der Waals surface area contributed by atoms with Gasteiger partial charge in [-0.05, 0) is 43.4 Å². The van der Waals surface area contributed by atoms with Gasteiger partial charge in [-0.15, -0.1) is 0 Å². The normalized spacial score (nSPS) is 34.6. The van der Waals surface area contributed by atoms with Crippen molar-refractivity contribution in [3.63, 3.8) is 0 Å². The fourth-order valence-electron chi connectivity index (χ4n) is 4.32. The highest BCUT2D eigenvalue weighted by molar-refractivity contribution is 5.37. The molecule has 0 aliphatic heterocycles. The second kappa shape index (κ2) is 8.69. The van der Waals surface area contributed by atoms with E-state index in [0.29, 0.717) is 6.47 Å². The molecule has 0 amide bonds. The number of hydrogen-bond acceptors (Lipinski definition) is 2. The summed E-state index contributed by atoms with van der Waals surface area (Å²) in [4.78, 5) is 10.3. The summed E-state index contributed by atoms with van der Waals surface area (Å²) in [6.07, 6.45) is 16.5. The van der Waals surface area contributed by atoms with Gasteiger partial charge in [0.15, 0.2) is 0 Å². The molecule has 0 heterocycles. The molecule has 0 radical (unpaired) electrons. The Morgan fingerprint density at radius 2 is 1.25 bits per heavy atom. The first-order valence-electron chi connectivity index (χ1n) is 8.90. The van der Waals surface area contributed by atoms with Crippen LogP contribution in [-0.4, -0.2) is 12.6 Å². The lowest BCUT2D eigenvalue weighted by atomic mass is 9.76. The molecule has 2 nitrogen and oxygen atoms in total. The van der Waals surface area contributed by atoms with Crippen molar-refractivity contribution in [1.82, 2.24) is 0 Å². The molecule has 116 valence electrons. The average molecular weight is 280 g/mol. The van der Waals surface area contributed by atoms with Crippen molar-refractivity contribution < 1.29 is 9.53 Å². The first-order valence-corrected chi connectivity index (χ1v) is 8.90. The van der Waals surface area contributed by atoms with Crippen LogP contribution in [0, 0.1) is 17.8 Å². The van der Waals surface area contributed by atoms with Gasteiger partial charge in [0.05, 0.1) is 0 Å². The van der Waals surface area contributed by atoms with Gasteiger partial charge in [-0.3, -0.25) is 4.79 Å². The molecule has 0 atom stereocenters. The van der Waals surface area contributed by atoms with E-state index < -0.39 is 0 Å². The van der Waals surface area contributed by atoms with E-state index in [9.17, 15) is 4.79 Å². The van der Waals surface area contributed by atoms with Crippen LogP contribution in [0.4, 0.5) is 0 Å². The first kappa shape index (κ1) is 15.9. The molecule has 0 aromatic heterocycles. The minimum Gasteiger partial charge on any atom is -0.465 e. The van der Waals surface area contributed by atoms with Gasteiger partial charge >= 0.3 is 0 Å². The molecule has 0 bridgehead atoms. The number of carbonyl (C=O) groups is 1. The van der Waals surface area contributed by atoms with Gasteiger partial charge in [0.25, 0.3) is 6.47 Å². The van der Waals surface area contributed by atoms with E-state index in [1.54, 1.807) is 0 Å². The Bertz CT molecular complexity index is 261.